The molecule has 2 heterocycles. The predicted octanol–water partition coefficient (Wildman–Crippen LogP) is 2.96. The number of fused-ring (bicyclic) bond motifs is 3. The van der Waals surface area contributed by atoms with Crippen molar-refractivity contribution in [2.75, 3.05) is 0 Å². The summed E-state index contributed by atoms with van der Waals surface area (Å²) in [5.74, 6) is 2.06. The van der Waals surface area contributed by atoms with E-state index in [0.29, 0.717) is 16.4 Å². The van der Waals surface area contributed by atoms with Gasteiger partial charge in [-0.3, -0.25) is 14.4 Å². The van der Waals surface area contributed by atoms with Crippen molar-refractivity contribution >= 4 is 23.2 Å². The van der Waals surface area contributed by atoms with Crippen LogP contribution < -0.4 is 5.73 Å². The van der Waals surface area contributed by atoms with Gasteiger partial charge in [-0.2, -0.15) is 0 Å². The number of carbonyl (C=O) groups excluding carboxylic acids is 1. The Morgan fingerprint density at radius 2 is 2.04 bits per heavy atom. The van der Waals surface area contributed by atoms with E-state index in [1.807, 2.05) is 47.0 Å². The van der Waals surface area contributed by atoms with Crippen LogP contribution in [0.3, 0.4) is 0 Å². The lowest BCUT2D eigenvalue weighted by molar-refractivity contribution is 0.0995. The molecule has 6 heteroatoms. The molecule has 26 heavy (non-hydrogen) atoms. The highest BCUT2D eigenvalue weighted by molar-refractivity contribution is 6.35. The Balaban J connectivity index is 2.03. The molecule has 1 aromatic heterocycles. The molecule has 0 spiro atoms. The van der Waals surface area contributed by atoms with Crippen molar-refractivity contribution in [3.05, 3.63) is 81.9 Å². The standard InChI is InChI=1S/C20H13ClN4O/c1-2-12-7-8-16-14(9-12)18(13-5-3-4-6-15(13)21)23-10-17-19(20(22)26)24-11-25(16)17/h1,3-9,11H,10H2,(H2,22,26). The number of benzene rings is 2. The first-order valence-corrected chi connectivity index (χ1v) is 8.24. The average Bonchev–Trinajstić information content (AvgIpc) is 3.00. The van der Waals surface area contributed by atoms with Gasteiger partial charge in [-0.15, -0.1) is 6.42 Å². The van der Waals surface area contributed by atoms with Crippen molar-refractivity contribution in [2.45, 2.75) is 6.54 Å². The highest BCUT2D eigenvalue weighted by Crippen LogP contribution is 2.29. The van der Waals surface area contributed by atoms with Gasteiger partial charge in [-0.1, -0.05) is 35.7 Å². The lowest BCUT2D eigenvalue weighted by Crippen LogP contribution is -2.14. The normalized spacial score (nSPS) is 12.4. The first-order chi connectivity index (χ1) is 12.6. The van der Waals surface area contributed by atoms with E-state index < -0.39 is 5.91 Å². The van der Waals surface area contributed by atoms with Crippen LogP contribution in [-0.4, -0.2) is 21.2 Å². The van der Waals surface area contributed by atoms with Gasteiger partial charge in [-0.25, -0.2) is 4.98 Å². The van der Waals surface area contributed by atoms with Gasteiger partial charge in [0.1, 0.15) is 6.33 Å². The number of nitrogens with two attached hydrogens (primary N) is 1. The fourth-order valence-corrected chi connectivity index (χ4v) is 3.31. The molecule has 0 unspecified atom stereocenters. The average molecular weight is 361 g/mol. The third-order valence-electron chi connectivity index (χ3n) is 4.29. The van der Waals surface area contributed by atoms with Crippen LogP contribution in [-0.2, 0) is 6.54 Å². The smallest absolute Gasteiger partial charge is 0.269 e. The third kappa shape index (κ3) is 2.48. The Hall–Kier alpha value is -3.36. The maximum absolute atomic E-state index is 11.7. The van der Waals surface area contributed by atoms with E-state index in [0.717, 1.165) is 22.4 Å². The zero-order chi connectivity index (χ0) is 18.3. The van der Waals surface area contributed by atoms with Crippen LogP contribution >= 0.6 is 11.6 Å². The summed E-state index contributed by atoms with van der Waals surface area (Å²) in [5, 5.41) is 0.586. The Morgan fingerprint density at radius 3 is 2.77 bits per heavy atom. The van der Waals surface area contributed by atoms with E-state index in [1.165, 1.54) is 0 Å². The van der Waals surface area contributed by atoms with E-state index in [1.54, 1.807) is 6.33 Å². The van der Waals surface area contributed by atoms with Crippen molar-refractivity contribution in [1.29, 1.82) is 0 Å². The molecule has 2 aromatic carbocycles. The number of rotatable bonds is 2. The van der Waals surface area contributed by atoms with Crippen molar-refractivity contribution in [3.8, 4) is 18.0 Å². The van der Waals surface area contributed by atoms with Crippen LogP contribution in [0.25, 0.3) is 5.69 Å². The van der Waals surface area contributed by atoms with Crippen molar-refractivity contribution < 1.29 is 4.79 Å². The molecule has 0 radical (unpaired) electrons. The van der Waals surface area contributed by atoms with Crippen molar-refractivity contribution in [2.24, 2.45) is 10.7 Å². The molecular weight excluding hydrogens is 348 g/mol. The Labute approximate surface area is 155 Å². The van der Waals surface area contributed by atoms with Crippen molar-refractivity contribution in [1.82, 2.24) is 9.55 Å². The van der Waals surface area contributed by atoms with Crippen molar-refractivity contribution in [3.63, 3.8) is 0 Å². The Kier molecular flexibility index (Phi) is 3.83. The molecular formula is C20H13ClN4O. The molecule has 1 aliphatic rings. The van der Waals surface area contributed by atoms with E-state index in [2.05, 4.69) is 10.9 Å². The monoisotopic (exact) mass is 360 g/mol. The molecule has 1 amide bonds. The number of aliphatic imine (C=N–C) groups is 1. The first-order valence-electron chi connectivity index (χ1n) is 7.87. The van der Waals surface area contributed by atoms with E-state index in [4.69, 9.17) is 28.8 Å². The summed E-state index contributed by atoms with van der Waals surface area (Å²) >= 11 is 6.40. The zero-order valence-electron chi connectivity index (χ0n) is 13.6. The second-order valence-electron chi connectivity index (χ2n) is 5.80. The number of hydrogen-bond acceptors (Lipinski definition) is 3. The minimum absolute atomic E-state index is 0.209. The quantitative estimate of drug-likeness (QED) is 0.713. The van der Waals surface area contributed by atoms with Gasteiger partial charge >= 0.3 is 0 Å². The van der Waals surface area contributed by atoms with Gasteiger partial charge in [-0.05, 0) is 24.3 Å². The van der Waals surface area contributed by atoms with Crippen LogP contribution in [0.2, 0.25) is 5.02 Å². The second kappa shape index (κ2) is 6.17. The zero-order valence-corrected chi connectivity index (χ0v) is 14.4. The number of primary amides is 1. The summed E-state index contributed by atoms with van der Waals surface area (Å²) in [4.78, 5) is 20.6. The van der Waals surface area contributed by atoms with E-state index >= 15 is 0 Å². The minimum atomic E-state index is -0.586. The predicted molar refractivity (Wildman–Crippen MR) is 101 cm³/mol. The van der Waals surface area contributed by atoms with Crippen LogP contribution in [0.15, 0.2) is 53.8 Å². The van der Waals surface area contributed by atoms with Gasteiger partial charge in [0.2, 0.25) is 0 Å². The fraction of sp³-hybridized carbons (Fsp3) is 0.0500. The minimum Gasteiger partial charge on any atom is -0.364 e. The molecule has 4 rings (SSSR count). The summed E-state index contributed by atoms with van der Waals surface area (Å²) in [6.45, 7) is 0.249. The molecule has 1 aliphatic heterocycles. The maximum Gasteiger partial charge on any atom is 0.269 e. The second-order valence-corrected chi connectivity index (χ2v) is 6.20. The number of nitrogens with zero attached hydrogens (tertiary/aromatic N) is 3. The van der Waals surface area contributed by atoms with Crippen LogP contribution in [0.1, 0.15) is 32.9 Å². The number of imidazole rings is 1. The van der Waals surface area contributed by atoms with Gasteiger partial charge in [0.05, 0.1) is 23.6 Å². The van der Waals surface area contributed by atoms with E-state index in [9.17, 15) is 4.79 Å². The third-order valence-corrected chi connectivity index (χ3v) is 4.62. The summed E-state index contributed by atoms with van der Waals surface area (Å²) in [5.41, 5.74) is 10.2. The van der Waals surface area contributed by atoms with Crippen LogP contribution in [0.4, 0.5) is 0 Å². The molecule has 0 fully saturated rings. The van der Waals surface area contributed by atoms with Crippen LogP contribution in [0.5, 0.6) is 0 Å². The molecule has 126 valence electrons. The van der Waals surface area contributed by atoms with E-state index in [-0.39, 0.29) is 12.2 Å². The molecule has 2 N–H and O–H groups in total. The van der Waals surface area contributed by atoms with Gasteiger partial charge in [0.15, 0.2) is 5.69 Å². The number of terminal acetylenes is 1. The topological polar surface area (TPSA) is 73.3 Å². The molecule has 0 atom stereocenters. The summed E-state index contributed by atoms with van der Waals surface area (Å²) in [7, 11) is 0. The Morgan fingerprint density at radius 1 is 1.23 bits per heavy atom. The summed E-state index contributed by atoms with van der Waals surface area (Å²) in [6, 6.07) is 13.1. The molecule has 0 saturated heterocycles. The fourth-order valence-electron chi connectivity index (χ4n) is 3.09. The molecule has 5 nitrogen and oxygen atoms in total. The Bertz CT molecular complexity index is 1120. The van der Waals surface area contributed by atoms with Gasteiger partial charge in [0, 0.05) is 21.7 Å². The lowest BCUT2D eigenvalue weighted by atomic mass is 9.98. The largest absolute Gasteiger partial charge is 0.364 e. The number of amides is 1. The van der Waals surface area contributed by atoms with Gasteiger partial charge in [0.25, 0.3) is 5.91 Å². The highest BCUT2D eigenvalue weighted by Gasteiger charge is 2.24. The SMILES string of the molecule is C#Cc1ccc2c(c1)C(c1ccccc1Cl)=NCc1c(C(N)=O)ncn1-2. The number of halogens is 1. The first kappa shape index (κ1) is 16.1. The molecule has 3 aromatic rings. The summed E-state index contributed by atoms with van der Waals surface area (Å²) < 4.78 is 1.82. The maximum atomic E-state index is 11.7. The number of hydrogen-bond donors (Lipinski definition) is 1. The van der Waals surface area contributed by atoms with Crippen LogP contribution in [0, 0.1) is 12.3 Å². The lowest BCUT2D eigenvalue weighted by Gasteiger charge is -2.13. The molecule has 0 saturated carbocycles. The number of carbonyl (C=O) groups is 1. The highest BCUT2D eigenvalue weighted by atomic mass is 35.5. The molecule has 0 bridgehead atoms. The number of aromatic nitrogens is 2. The summed E-state index contributed by atoms with van der Waals surface area (Å²) in [6.07, 6.45) is 7.16. The van der Waals surface area contributed by atoms with Gasteiger partial charge < -0.3 is 5.73 Å². The molecule has 0 aliphatic carbocycles.